The molecule has 2 aromatic rings. The molecule has 3 rings (SSSR count). The molecule has 2 aromatic carbocycles. The van der Waals surface area contributed by atoms with Crippen LogP contribution in [0.3, 0.4) is 0 Å². The van der Waals surface area contributed by atoms with Gasteiger partial charge >= 0.3 is 0 Å². The summed E-state index contributed by atoms with van der Waals surface area (Å²) >= 11 is 1.80. The summed E-state index contributed by atoms with van der Waals surface area (Å²) in [5.74, 6) is 7.75. The number of nitrogens with zero attached hydrogens (tertiary/aromatic N) is 1. The molecule has 0 aliphatic carbocycles. The Labute approximate surface area is 155 Å². The van der Waals surface area contributed by atoms with Crippen molar-refractivity contribution in [3.05, 3.63) is 70.3 Å². The minimum Gasteiger partial charge on any atom is -0.357 e. The van der Waals surface area contributed by atoms with Gasteiger partial charge in [-0.05, 0) is 55.2 Å². The molecule has 2 nitrogen and oxygen atoms in total. The van der Waals surface area contributed by atoms with Crippen molar-refractivity contribution in [2.24, 2.45) is 4.99 Å². The Kier molecular flexibility index (Phi) is 5.83. The third-order valence-corrected chi connectivity index (χ3v) is 5.37. The minimum atomic E-state index is 0.168. The molecule has 1 aliphatic rings. The quantitative estimate of drug-likeness (QED) is 0.807. The fraction of sp³-hybridized carbons (Fsp3) is 0.318. The van der Waals surface area contributed by atoms with Gasteiger partial charge in [0.1, 0.15) is 0 Å². The van der Waals surface area contributed by atoms with E-state index in [2.05, 4.69) is 85.4 Å². The predicted molar refractivity (Wildman–Crippen MR) is 109 cm³/mol. The normalized spacial score (nSPS) is 14.4. The smallest absolute Gasteiger partial charge is 0.157 e. The zero-order valence-corrected chi connectivity index (χ0v) is 15.9. The van der Waals surface area contributed by atoms with E-state index in [9.17, 15) is 0 Å². The Balaban J connectivity index is 1.82. The number of aliphatic imine (C=N–C) groups is 1. The first kappa shape index (κ1) is 17.6. The molecule has 1 heterocycles. The molecule has 1 unspecified atom stereocenters. The van der Waals surface area contributed by atoms with Crippen LogP contribution in [0.25, 0.3) is 0 Å². The highest BCUT2D eigenvalue weighted by Gasteiger charge is 2.17. The van der Waals surface area contributed by atoms with Crippen LogP contribution in [0.15, 0.2) is 47.5 Å². The molecular formula is C22H24N2S. The lowest BCUT2D eigenvalue weighted by Gasteiger charge is -2.20. The summed E-state index contributed by atoms with van der Waals surface area (Å²) in [5.41, 5.74) is 6.28. The van der Waals surface area contributed by atoms with E-state index >= 15 is 0 Å². The maximum Gasteiger partial charge on any atom is 0.157 e. The molecule has 0 fully saturated rings. The molecule has 0 saturated carbocycles. The van der Waals surface area contributed by atoms with Crippen LogP contribution in [0.5, 0.6) is 0 Å². The molecule has 0 saturated heterocycles. The predicted octanol–water partition coefficient (Wildman–Crippen LogP) is 4.79. The molecule has 1 aliphatic heterocycles. The lowest BCUT2D eigenvalue weighted by Crippen LogP contribution is -2.26. The van der Waals surface area contributed by atoms with Crippen molar-refractivity contribution in [3.8, 4) is 11.8 Å². The first-order valence-electron chi connectivity index (χ1n) is 8.69. The summed E-state index contributed by atoms with van der Waals surface area (Å²) in [6.07, 6.45) is 0.762. The van der Waals surface area contributed by atoms with Gasteiger partial charge in [-0.1, -0.05) is 53.9 Å². The third-order valence-electron chi connectivity index (χ3n) is 4.46. The molecule has 128 valence electrons. The summed E-state index contributed by atoms with van der Waals surface area (Å²) in [5, 5.41) is 4.65. The zero-order valence-electron chi connectivity index (χ0n) is 15.1. The number of benzene rings is 2. The maximum atomic E-state index is 4.55. The van der Waals surface area contributed by atoms with Gasteiger partial charge in [0, 0.05) is 17.7 Å². The largest absolute Gasteiger partial charge is 0.357 e. The third kappa shape index (κ3) is 4.67. The van der Waals surface area contributed by atoms with E-state index in [1.807, 2.05) is 0 Å². The monoisotopic (exact) mass is 348 g/mol. The SMILES string of the molecule is Cc1cccc(C#CCC(NC2=NCCS2)c2cccc(C)c2C)c1. The summed E-state index contributed by atoms with van der Waals surface area (Å²) in [4.78, 5) is 4.55. The maximum absolute atomic E-state index is 4.55. The van der Waals surface area contributed by atoms with Gasteiger partial charge in [-0.15, -0.1) is 0 Å². The number of hydrogen-bond donors (Lipinski definition) is 1. The zero-order chi connectivity index (χ0) is 17.6. The van der Waals surface area contributed by atoms with Crippen LogP contribution in [0.2, 0.25) is 0 Å². The number of thioether (sulfide) groups is 1. The Morgan fingerprint density at radius 1 is 1.16 bits per heavy atom. The molecule has 0 spiro atoms. The van der Waals surface area contributed by atoms with Gasteiger partial charge in [0.2, 0.25) is 0 Å². The van der Waals surface area contributed by atoms with Crippen molar-refractivity contribution in [3.63, 3.8) is 0 Å². The summed E-state index contributed by atoms with van der Waals surface area (Å²) in [6.45, 7) is 7.36. The number of amidine groups is 1. The number of nitrogens with one attached hydrogen (secondary N) is 1. The van der Waals surface area contributed by atoms with Crippen molar-refractivity contribution >= 4 is 16.9 Å². The van der Waals surface area contributed by atoms with Crippen LogP contribution < -0.4 is 5.32 Å². The van der Waals surface area contributed by atoms with Crippen LogP contribution in [-0.2, 0) is 0 Å². The average molecular weight is 349 g/mol. The van der Waals surface area contributed by atoms with Gasteiger partial charge in [0.25, 0.3) is 0 Å². The second-order valence-corrected chi connectivity index (χ2v) is 7.48. The lowest BCUT2D eigenvalue weighted by atomic mass is 9.95. The Morgan fingerprint density at radius 3 is 2.76 bits per heavy atom. The van der Waals surface area contributed by atoms with Crippen LogP contribution in [0, 0.1) is 32.6 Å². The van der Waals surface area contributed by atoms with Gasteiger partial charge in [0.05, 0.1) is 12.6 Å². The lowest BCUT2D eigenvalue weighted by molar-refractivity contribution is 0.667. The van der Waals surface area contributed by atoms with E-state index in [1.54, 1.807) is 11.8 Å². The first-order chi connectivity index (χ1) is 12.1. The van der Waals surface area contributed by atoms with E-state index in [0.29, 0.717) is 0 Å². The summed E-state index contributed by atoms with van der Waals surface area (Å²) in [6, 6.07) is 15.0. The molecule has 3 heteroatoms. The summed E-state index contributed by atoms with van der Waals surface area (Å²) in [7, 11) is 0. The van der Waals surface area contributed by atoms with E-state index in [0.717, 1.165) is 29.4 Å². The van der Waals surface area contributed by atoms with Gasteiger partial charge in [-0.2, -0.15) is 0 Å². The van der Waals surface area contributed by atoms with Crippen LogP contribution in [0.4, 0.5) is 0 Å². The van der Waals surface area contributed by atoms with Crippen LogP contribution in [0.1, 0.15) is 40.3 Å². The Bertz CT molecular complexity index is 843. The fourth-order valence-corrected chi connectivity index (χ4v) is 3.72. The summed E-state index contributed by atoms with van der Waals surface area (Å²) < 4.78 is 0. The highest BCUT2D eigenvalue weighted by molar-refractivity contribution is 8.14. The van der Waals surface area contributed by atoms with Gasteiger partial charge < -0.3 is 5.32 Å². The first-order valence-corrected chi connectivity index (χ1v) is 9.67. The van der Waals surface area contributed by atoms with Crippen LogP contribution >= 0.6 is 11.8 Å². The standard InChI is InChI=1S/C22H24N2S/c1-16-7-4-9-19(15-16)10-6-12-21(24-22-23-13-14-25-22)20-11-5-8-17(2)18(20)3/h4-5,7-9,11,15,21H,12-14H2,1-3H3,(H,23,24). The second-order valence-electron chi connectivity index (χ2n) is 6.40. The van der Waals surface area contributed by atoms with E-state index in [4.69, 9.17) is 0 Å². The van der Waals surface area contributed by atoms with Crippen molar-refractivity contribution < 1.29 is 0 Å². The van der Waals surface area contributed by atoms with Crippen molar-refractivity contribution in [2.75, 3.05) is 12.3 Å². The van der Waals surface area contributed by atoms with Crippen LogP contribution in [-0.4, -0.2) is 17.5 Å². The highest BCUT2D eigenvalue weighted by atomic mass is 32.2. The number of rotatable bonds is 3. The van der Waals surface area contributed by atoms with Crippen molar-refractivity contribution in [1.29, 1.82) is 0 Å². The van der Waals surface area contributed by atoms with Gasteiger partial charge in [-0.25, -0.2) is 0 Å². The fourth-order valence-electron chi connectivity index (χ4n) is 2.94. The second kappa shape index (κ2) is 8.27. The van der Waals surface area contributed by atoms with Gasteiger partial charge in [-0.3, -0.25) is 4.99 Å². The van der Waals surface area contributed by atoms with Crippen molar-refractivity contribution in [2.45, 2.75) is 33.2 Å². The van der Waals surface area contributed by atoms with Gasteiger partial charge in [0.15, 0.2) is 5.17 Å². The minimum absolute atomic E-state index is 0.168. The molecule has 25 heavy (non-hydrogen) atoms. The van der Waals surface area contributed by atoms with E-state index in [1.165, 1.54) is 22.3 Å². The molecule has 0 aromatic heterocycles. The highest BCUT2D eigenvalue weighted by Crippen LogP contribution is 2.25. The number of hydrogen-bond acceptors (Lipinski definition) is 3. The molecule has 1 atom stereocenters. The van der Waals surface area contributed by atoms with E-state index in [-0.39, 0.29) is 6.04 Å². The molecule has 0 radical (unpaired) electrons. The number of aryl methyl sites for hydroxylation is 2. The Morgan fingerprint density at radius 2 is 2.00 bits per heavy atom. The Hall–Kier alpha value is -2.18. The molecule has 0 bridgehead atoms. The topological polar surface area (TPSA) is 24.4 Å². The average Bonchev–Trinajstić information content (AvgIpc) is 3.10. The molecule has 0 amide bonds. The molecular weight excluding hydrogens is 324 g/mol. The molecule has 1 N–H and O–H groups in total. The van der Waals surface area contributed by atoms with Crippen molar-refractivity contribution in [1.82, 2.24) is 5.32 Å². The van der Waals surface area contributed by atoms with E-state index < -0.39 is 0 Å².